The van der Waals surface area contributed by atoms with E-state index in [1.54, 1.807) is 0 Å². The summed E-state index contributed by atoms with van der Waals surface area (Å²) in [5.74, 6) is -2.40. The van der Waals surface area contributed by atoms with Crippen LogP contribution in [0.1, 0.15) is 5.56 Å². The van der Waals surface area contributed by atoms with Gasteiger partial charge in [-0.15, -0.1) is 0 Å². The van der Waals surface area contributed by atoms with Crippen molar-refractivity contribution >= 4 is 17.4 Å². The van der Waals surface area contributed by atoms with Gasteiger partial charge in [-0.25, -0.2) is 4.79 Å². The maximum atomic E-state index is 11.0. The fourth-order valence-corrected chi connectivity index (χ4v) is 1.27. The summed E-state index contributed by atoms with van der Waals surface area (Å²) >= 11 is 0. The largest absolute Gasteiger partial charge is 0.496 e. The van der Waals surface area contributed by atoms with Crippen LogP contribution in [-0.4, -0.2) is 28.9 Å². The highest BCUT2D eigenvalue weighted by molar-refractivity contribution is 6.33. The van der Waals surface area contributed by atoms with E-state index < -0.39 is 23.1 Å². The molecule has 0 saturated heterocycles. The van der Waals surface area contributed by atoms with Crippen LogP contribution in [0.25, 0.3) is 0 Å². The molecule has 0 heterocycles. The molecule has 0 aliphatic heterocycles. The highest BCUT2D eigenvalue weighted by Gasteiger charge is 2.18. The van der Waals surface area contributed by atoms with Gasteiger partial charge in [-0.3, -0.25) is 14.9 Å². The molecule has 0 aromatic heterocycles. The Hall–Kier alpha value is -2.44. The third kappa shape index (κ3) is 3.00. The average molecular weight is 239 g/mol. The average Bonchev–Trinajstić information content (AvgIpc) is 2.28. The van der Waals surface area contributed by atoms with E-state index >= 15 is 0 Å². The summed E-state index contributed by atoms with van der Waals surface area (Å²) in [6.45, 7) is 0. The summed E-state index contributed by atoms with van der Waals surface area (Å²) < 4.78 is 4.89. The van der Waals surface area contributed by atoms with Crippen LogP contribution >= 0.6 is 0 Å². The minimum atomic E-state index is -1.58. The second kappa shape index (κ2) is 5.06. The summed E-state index contributed by atoms with van der Waals surface area (Å²) in [4.78, 5) is 31.3. The van der Waals surface area contributed by atoms with Gasteiger partial charge >= 0.3 is 5.97 Å². The van der Waals surface area contributed by atoms with Gasteiger partial charge in [0.15, 0.2) is 0 Å². The van der Waals surface area contributed by atoms with Crippen LogP contribution in [0.4, 0.5) is 5.69 Å². The number of carbonyl (C=O) groups is 2. The molecule has 0 atom stereocenters. The highest BCUT2D eigenvalue weighted by atomic mass is 16.6. The van der Waals surface area contributed by atoms with Gasteiger partial charge in [-0.05, 0) is 6.07 Å². The van der Waals surface area contributed by atoms with Crippen molar-refractivity contribution in [3.63, 3.8) is 0 Å². The van der Waals surface area contributed by atoms with E-state index in [0.29, 0.717) is 0 Å². The fourth-order valence-electron chi connectivity index (χ4n) is 1.27. The fraction of sp³-hybridized carbons (Fsp3) is 0.200. The molecule has 1 N–H and O–H groups in total. The van der Waals surface area contributed by atoms with Crippen LogP contribution in [0.3, 0.4) is 0 Å². The molecule has 1 aromatic carbocycles. The minimum Gasteiger partial charge on any atom is -0.496 e. The molecule has 90 valence electrons. The first-order chi connectivity index (χ1) is 7.95. The standard InChI is InChI=1S/C10H9NO6/c1-17-9-3-2-7(11(15)16)4-6(9)5-8(12)10(13)14/h2-4H,5H2,1H3,(H,13,14). The molecule has 0 radical (unpaired) electrons. The SMILES string of the molecule is COc1ccc([N+](=O)[O-])cc1CC(=O)C(=O)O. The van der Waals surface area contributed by atoms with Crippen molar-refractivity contribution in [2.75, 3.05) is 7.11 Å². The number of non-ortho nitro benzene ring substituents is 1. The Morgan fingerprint density at radius 1 is 1.47 bits per heavy atom. The minimum absolute atomic E-state index is 0.175. The summed E-state index contributed by atoms with van der Waals surface area (Å²) in [5, 5.41) is 19.0. The van der Waals surface area contributed by atoms with Gasteiger partial charge in [0.1, 0.15) is 5.75 Å². The lowest BCUT2D eigenvalue weighted by atomic mass is 10.1. The number of hydrogen-bond donors (Lipinski definition) is 1. The van der Waals surface area contributed by atoms with E-state index in [0.717, 1.165) is 6.07 Å². The van der Waals surface area contributed by atoms with E-state index in [-0.39, 0.29) is 17.0 Å². The molecule has 0 spiro atoms. The van der Waals surface area contributed by atoms with Gasteiger partial charge < -0.3 is 9.84 Å². The number of nitrogens with zero attached hydrogens (tertiary/aromatic N) is 1. The quantitative estimate of drug-likeness (QED) is 0.462. The number of ether oxygens (including phenoxy) is 1. The van der Waals surface area contributed by atoms with Gasteiger partial charge in [0.05, 0.1) is 12.0 Å². The van der Waals surface area contributed by atoms with E-state index in [2.05, 4.69) is 0 Å². The molecule has 0 saturated carbocycles. The molecular weight excluding hydrogens is 230 g/mol. The van der Waals surface area contributed by atoms with Crippen molar-refractivity contribution in [3.05, 3.63) is 33.9 Å². The van der Waals surface area contributed by atoms with Gasteiger partial charge in [0.25, 0.3) is 5.69 Å². The van der Waals surface area contributed by atoms with Crippen molar-refractivity contribution in [2.45, 2.75) is 6.42 Å². The molecule has 0 aliphatic rings. The molecule has 0 fully saturated rings. The van der Waals surface area contributed by atoms with Crippen molar-refractivity contribution in [3.8, 4) is 5.75 Å². The first kappa shape index (κ1) is 12.6. The Balaban J connectivity index is 3.10. The highest BCUT2D eigenvalue weighted by Crippen LogP contribution is 2.24. The Morgan fingerprint density at radius 3 is 2.59 bits per heavy atom. The molecule has 0 bridgehead atoms. The maximum Gasteiger partial charge on any atom is 0.372 e. The number of Topliss-reactive ketones (excluding diaryl/α,β-unsaturated/α-hetero) is 1. The van der Waals surface area contributed by atoms with Crippen LogP contribution < -0.4 is 4.74 Å². The van der Waals surface area contributed by atoms with E-state index in [1.807, 2.05) is 0 Å². The zero-order chi connectivity index (χ0) is 13.0. The van der Waals surface area contributed by atoms with E-state index in [1.165, 1.54) is 19.2 Å². The predicted molar refractivity (Wildman–Crippen MR) is 56.0 cm³/mol. The second-order valence-corrected chi connectivity index (χ2v) is 3.16. The van der Waals surface area contributed by atoms with Crippen molar-refractivity contribution in [2.24, 2.45) is 0 Å². The van der Waals surface area contributed by atoms with Crippen LogP contribution in [0.2, 0.25) is 0 Å². The third-order valence-corrected chi connectivity index (χ3v) is 2.06. The van der Waals surface area contributed by atoms with E-state index in [9.17, 15) is 19.7 Å². The van der Waals surface area contributed by atoms with Gasteiger partial charge in [-0.1, -0.05) is 0 Å². The van der Waals surface area contributed by atoms with Crippen molar-refractivity contribution in [1.82, 2.24) is 0 Å². The summed E-state index contributed by atoms with van der Waals surface area (Å²) in [5.41, 5.74) is -0.0481. The first-order valence-electron chi connectivity index (χ1n) is 4.53. The number of carboxylic acids is 1. The number of rotatable bonds is 5. The smallest absolute Gasteiger partial charge is 0.372 e. The lowest BCUT2D eigenvalue weighted by Crippen LogP contribution is -2.15. The second-order valence-electron chi connectivity index (χ2n) is 3.16. The van der Waals surface area contributed by atoms with Gasteiger partial charge in [0, 0.05) is 24.1 Å². The van der Waals surface area contributed by atoms with Crippen molar-refractivity contribution < 1.29 is 24.4 Å². The molecule has 17 heavy (non-hydrogen) atoms. The van der Waals surface area contributed by atoms with Crippen LogP contribution in [0, 0.1) is 10.1 Å². The third-order valence-electron chi connectivity index (χ3n) is 2.06. The molecule has 0 amide bonds. The van der Waals surface area contributed by atoms with Gasteiger partial charge in [-0.2, -0.15) is 0 Å². The lowest BCUT2D eigenvalue weighted by Gasteiger charge is -2.06. The number of carboxylic acid groups (broad SMARTS) is 1. The molecule has 7 nitrogen and oxygen atoms in total. The molecule has 7 heteroatoms. The van der Waals surface area contributed by atoms with Crippen LogP contribution in [0.5, 0.6) is 5.75 Å². The zero-order valence-electron chi connectivity index (χ0n) is 8.87. The molecule has 1 aromatic rings. The number of methoxy groups -OCH3 is 1. The predicted octanol–water partition coefficient (Wildman–Crippen LogP) is 0.800. The zero-order valence-corrected chi connectivity index (χ0v) is 8.87. The normalized spacial score (nSPS) is 9.71. The van der Waals surface area contributed by atoms with E-state index in [4.69, 9.17) is 9.84 Å². The molecule has 0 unspecified atom stereocenters. The van der Waals surface area contributed by atoms with Crippen LogP contribution in [-0.2, 0) is 16.0 Å². The molecule has 0 aliphatic carbocycles. The Labute approximate surface area is 95.8 Å². The van der Waals surface area contributed by atoms with Crippen molar-refractivity contribution in [1.29, 1.82) is 0 Å². The number of nitro benzene ring substituents is 1. The Kier molecular flexibility index (Phi) is 3.76. The Morgan fingerprint density at radius 2 is 2.12 bits per heavy atom. The summed E-state index contributed by atoms with van der Waals surface area (Å²) in [7, 11) is 1.33. The number of aliphatic carboxylic acids is 1. The first-order valence-corrected chi connectivity index (χ1v) is 4.53. The molecule has 1 rings (SSSR count). The number of carbonyl (C=O) groups excluding carboxylic acids is 1. The molecular formula is C10H9NO6. The topological polar surface area (TPSA) is 107 Å². The number of benzene rings is 1. The van der Waals surface area contributed by atoms with Crippen LogP contribution in [0.15, 0.2) is 18.2 Å². The van der Waals surface area contributed by atoms with Gasteiger partial charge in [0.2, 0.25) is 5.78 Å². The monoisotopic (exact) mass is 239 g/mol. The maximum absolute atomic E-state index is 11.0. The Bertz CT molecular complexity index is 482. The summed E-state index contributed by atoms with van der Waals surface area (Å²) in [6, 6.07) is 3.66. The number of hydrogen-bond acceptors (Lipinski definition) is 5. The number of nitro groups is 1. The lowest BCUT2D eigenvalue weighted by molar-refractivity contribution is -0.384. The number of ketones is 1. The summed E-state index contributed by atoms with van der Waals surface area (Å²) in [6.07, 6.45) is -0.444.